The standard InChI is InChI=1S/C19H22N2OS/c1-13-7-8-15(19-16(13)5-3-9-20-19)12-21-14(2)11-17(22)18-6-4-10-23-18/h3-10,14,17,21-22H,11-12H2,1-2H3. The monoisotopic (exact) mass is 326 g/mol. The number of hydrogen-bond acceptors (Lipinski definition) is 4. The molecule has 0 amide bonds. The van der Waals surface area contributed by atoms with Crippen LogP contribution in [0.2, 0.25) is 0 Å². The van der Waals surface area contributed by atoms with Crippen molar-refractivity contribution in [3.05, 3.63) is 64.0 Å². The van der Waals surface area contributed by atoms with E-state index in [0.717, 1.165) is 16.9 Å². The summed E-state index contributed by atoms with van der Waals surface area (Å²) >= 11 is 1.60. The Morgan fingerprint density at radius 3 is 2.87 bits per heavy atom. The molecule has 3 nitrogen and oxygen atoms in total. The Bertz CT molecular complexity index is 770. The second kappa shape index (κ2) is 7.21. The quantitative estimate of drug-likeness (QED) is 0.713. The van der Waals surface area contributed by atoms with Gasteiger partial charge >= 0.3 is 0 Å². The van der Waals surface area contributed by atoms with Gasteiger partial charge in [-0.1, -0.05) is 24.3 Å². The summed E-state index contributed by atoms with van der Waals surface area (Å²) in [6, 6.07) is 12.6. The predicted octanol–water partition coefficient (Wildman–Crippen LogP) is 4.21. The first-order valence-corrected chi connectivity index (χ1v) is 8.81. The topological polar surface area (TPSA) is 45.1 Å². The Morgan fingerprint density at radius 2 is 2.09 bits per heavy atom. The van der Waals surface area contributed by atoms with Crippen molar-refractivity contribution in [3.8, 4) is 0 Å². The number of fused-ring (bicyclic) bond motifs is 1. The van der Waals surface area contributed by atoms with E-state index in [0.29, 0.717) is 6.42 Å². The highest BCUT2D eigenvalue weighted by molar-refractivity contribution is 7.10. The van der Waals surface area contributed by atoms with Crippen molar-refractivity contribution >= 4 is 22.2 Å². The van der Waals surface area contributed by atoms with Gasteiger partial charge in [-0.05, 0) is 48.9 Å². The molecule has 2 aromatic heterocycles. The van der Waals surface area contributed by atoms with E-state index in [-0.39, 0.29) is 6.04 Å². The Balaban J connectivity index is 1.65. The second-order valence-corrected chi connectivity index (χ2v) is 6.97. The first-order valence-electron chi connectivity index (χ1n) is 7.93. The molecule has 4 heteroatoms. The third kappa shape index (κ3) is 3.78. The van der Waals surface area contributed by atoms with Crippen molar-refractivity contribution in [1.29, 1.82) is 0 Å². The SMILES string of the molecule is Cc1ccc(CNC(C)CC(O)c2cccs2)c2ncccc12. The molecular formula is C19H22N2OS. The van der Waals surface area contributed by atoms with E-state index in [1.807, 2.05) is 29.8 Å². The number of aromatic nitrogens is 1. The summed E-state index contributed by atoms with van der Waals surface area (Å²) in [6.45, 7) is 4.98. The predicted molar refractivity (Wildman–Crippen MR) is 96.7 cm³/mol. The van der Waals surface area contributed by atoms with Crippen LogP contribution >= 0.6 is 11.3 Å². The average Bonchev–Trinajstić information content (AvgIpc) is 3.09. The van der Waals surface area contributed by atoms with E-state index >= 15 is 0 Å². The van der Waals surface area contributed by atoms with E-state index in [4.69, 9.17) is 0 Å². The number of rotatable bonds is 6. The molecule has 0 aliphatic rings. The van der Waals surface area contributed by atoms with Crippen LogP contribution in [0, 0.1) is 6.92 Å². The molecule has 0 saturated carbocycles. The largest absolute Gasteiger partial charge is 0.388 e. The van der Waals surface area contributed by atoms with Crippen LogP contribution in [-0.4, -0.2) is 16.1 Å². The summed E-state index contributed by atoms with van der Waals surface area (Å²) in [5.41, 5.74) is 3.51. The maximum Gasteiger partial charge on any atom is 0.0896 e. The van der Waals surface area contributed by atoms with Gasteiger partial charge in [-0.25, -0.2) is 0 Å². The van der Waals surface area contributed by atoms with Crippen LogP contribution < -0.4 is 5.32 Å². The van der Waals surface area contributed by atoms with Crippen molar-refractivity contribution in [2.24, 2.45) is 0 Å². The minimum absolute atomic E-state index is 0.229. The summed E-state index contributed by atoms with van der Waals surface area (Å²) in [7, 11) is 0. The molecule has 0 spiro atoms. The van der Waals surface area contributed by atoms with Crippen molar-refractivity contribution in [2.75, 3.05) is 0 Å². The summed E-state index contributed by atoms with van der Waals surface area (Å²) in [5, 5.41) is 17.0. The van der Waals surface area contributed by atoms with Gasteiger partial charge in [-0.15, -0.1) is 11.3 Å². The Morgan fingerprint density at radius 1 is 1.22 bits per heavy atom. The number of pyridine rings is 1. The molecule has 2 unspecified atom stereocenters. The summed E-state index contributed by atoms with van der Waals surface area (Å²) < 4.78 is 0. The molecule has 2 heterocycles. The zero-order valence-electron chi connectivity index (χ0n) is 13.5. The Labute approximate surface area is 141 Å². The number of benzene rings is 1. The number of thiophene rings is 1. The highest BCUT2D eigenvalue weighted by atomic mass is 32.1. The van der Waals surface area contributed by atoms with Crippen LogP contribution in [0.4, 0.5) is 0 Å². The molecule has 0 bridgehead atoms. The van der Waals surface area contributed by atoms with Gasteiger partial charge in [-0.3, -0.25) is 4.98 Å². The van der Waals surface area contributed by atoms with Gasteiger partial charge < -0.3 is 10.4 Å². The molecule has 2 atom stereocenters. The van der Waals surface area contributed by atoms with Crippen LogP contribution in [0.3, 0.4) is 0 Å². The van der Waals surface area contributed by atoms with Crippen LogP contribution in [0.15, 0.2) is 48.0 Å². The van der Waals surface area contributed by atoms with Crippen molar-refractivity contribution in [1.82, 2.24) is 10.3 Å². The molecule has 0 aliphatic carbocycles. The van der Waals surface area contributed by atoms with Crippen molar-refractivity contribution in [2.45, 2.75) is 39.0 Å². The third-order valence-electron chi connectivity index (χ3n) is 4.16. The number of aryl methyl sites for hydroxylation is 1. The molecule has 0 aliphatic heterocycles. The fourth-order valence-electron chi connectivity index (χ4n) is 2.82. The van der Waals surface area contributed by atoms with Gasteiger partial charge in [0.05, 0.1) is 11.6 Å². The van der Waals surface area contributed by atoms with E-state index in [9.17, 15) is 5.11 Å². The molecule has 2 N–H and O–H groups in total. The van der Waals surface area contributed by atoms with Crippen LogP contribution in [0.25, 0.3) is 10.9 Å². The minimum Gasteiger partial charge on any atom is -0.388 e. The van der Waals surface area contributed by atoms with Gasteiger partial charge in [0.15, 0.2) is 0 Å². The normalized spacial score (nSPS) is 14.0. The van der Waals surface area contributed by atoms with Gasteiger partial charge in [0.1, 0.15) is 0 Å². The molecule has 0 saturated heterocycles. The zero-order valence-corrected chi connectivity index (χ0v) is 14.3. The molecule has 23 heavy (non-hydrogen) atoms. The Hall–Kier alpha value is -1.75. The molecule has 120 valence electrons. The van der Waals surface area contributed by atoms with Gasteiger partial charge in [0.2, 0.25) is 0 Å². The zero-order chi connectivity index (χ0) is 16.2. The van der Waals surface area contributed by atoms with Gasteiger partial charge in [0, 0.05) is 29.0 Å². The molecule has 3 aromatic rings. The molecule has 0 fully saturated rings. The Kier molecular flexibility index (Phi) is 5.06. The fourth-order valence-corrected chi connectivity index (χ4v) is 3.54. The fraction of sp³-hybridized carbons (Fsp3) is 0.316. The minimum atomic E-state index is -0.398. The first kappa shape index (κ1) is 16.1. The third-order valence-corrected chi connectivity index (χ3v) is 5.13. The molecule has 0 radical (unpaired) electrons. The lowest BCUT2D eigenvalue weighted by Gasteiger charge is -2.18. The number of hydrogen-bond donors (Lipinski definition) is 2. The highest BCUT2D eigenvalue weighted by Crippen LogP contribution is 2.24. The van der Waals surface area contributed by atoms with Crippen molar-refractivity contribution in [3.63, 3.8) is 0 Å². The summed E-state index contributed by atoms with van der Waals surface area (Å²) in [5.74, 6) is 0. The maximum atomic E-state index is 10.2. The lowest BCUT2D eigenvalue weighted by Crippen LogP contribution is -2.27. The number of aliphatic hydroxyl groups is 1. The van der Waals surface area contributed by atoms with E-state index in [1.165, 1.54) is 16.5 Å². The van der Waals surface area contributed by atoms with E-state index in [2.05, 4.69) is 42.3 Å². The maximum absolute atomic E-state index is 10.2. The smallest absolute Gasteiger partial charge is 0.0896 e. The number of aliphatic hydroxyl groups excluding tert-OH is 1. The first-order chi connectivity index (χ1) is 11.1. The van der Waals surface area contributed by atoms with Crippen LogP contribution in [0.1, 0.15) is 35.5 Å². The summed E-state index contributed by atoms with van der Waals surface area (Å²) in [4.78, 5) is 5.56. The lowest BCUT2D eigenvalue weighted by atomic mass is 10.0. The van der Waals surface area contributed by atoms with Crippen LogP contribution in [-0.2, 0) is 6.54 Å². The lowest BCUT2D eigenvalue weighted by molar-refractivity contribution is 0.157. The average molecular weight is 326 g/mol. The van der Waals surface area contributed by atoms with E-state index in [1.54, 1.807) is 11.3 Å². The second-order valence-electron chi connectivity index (χ2n) is 5.99. The summed E-state index contributed by atoms with van der Waals surface area (Å²) in [6.07, 6.45) is 2.15. The van der Waals surface area contributed by atoms with Gasteiger partial charge in [-0.2, -0.15) is 0 Å². The van der Waals surface area contributed by atoms with Gasteiger partial charge in [0.25, 0.3) is 0 Å². The van der Waals surface area contributed by atoms with Crippen molar-refractivity contribution < 1.29 is 5.11 Å². The highest BCUT2D eigenvalue weighted by Gasteiger charge is 2.13. The van der Waals surface area contributed by atoms with Crippen LogP contribution in [0.5, 0.6) is 0 Å². The molecule has 3 rings (SSSR count). The molecular weight excluding hydrogens is 304 g/mol. The number of nitrogens with one attached hydrogen (secondary N) is 1. The number of nitrogens with zero attached hydrogens (tertiary/aromatic N) is 1. The molecule has 1 aromatic carbocycles. The van der Waals surface area contributed by atoms with E-state index < -0.39 is 6.10 Å².